The zero-order valence-corrected chi connectivity index (χ0v) is 18.5. The molecule has 0 aliphatic carbocycles. The molecule has 0 spiro atoms. The average Bonchev–Trinajstić information content (AvgIpc) is 2.83. The molecule has 1 saturated heterocycles. The van der Waals surface area contributed by atoms with Gasteiger partial charge < -0.3 is 14.4 Å². The van der Waals surface area contributed by atoms with Crippen LogP contribution in [0.2, 0.25) is 0 Å². The van der Waals surface area contributed by atoms with Gasteiger partial charge in [-0.15, -0.1) is 0 Å². The van der Waals surface area contributed by atoms with Gasteiger partial charge in [-0.2, -0.15) is 0 Å². The van der Waals surface area contributed by atoms with Gasteiger partial charge in [0.1, 0.15) is 12.4 Å². The molecule has 0 atom stereocenters. The first-order valence-corrected chi connectivity index (χ1v) is 11.0. The van der Waals surface area contributed by atoms with Crippen molar-refractivity contribution in [2.24, 2.45) is 0 Å². The third-order valence-electron chi connectivity index (χ3n) is 5.70. The van der Waals surface area contributed by atoms with Gasteiger partial charge in [0.15, 0.2) is 0 Å². The van der Waals surface area contributed by atoms with Gasteiger partial charge in [-0.05, 0) is 56.1 Å². The average molecular weight is 425 g/mol. The summed E-state index contributed by atoms with van der Waals surface area (Å²) in [7, 11) is 1.37. The predicted molar refractivity (Wildman–Crippen MR) is 121 cm³/mol. The zero-order valence-electron chi connectivity index (χ0n) is 18.5. The summed E-state index contributed by atoms with van der Waals surface area (Å²) in [5.74, 6) is 0.424. The standard InChI is InChI=1S/C25H32N2O4/c1-3-14-26(17-18-31-23-11-7-10-21(19-23)25(29)30-2)22-12-15-27(16-13-22)24(28)20-8-5-4-6-9-20/h4-11,19,22H,3,12-18H2,1-2H3. The first-order valence-electron chi connectivity index (χ1n) is 11.0. The van der Waals surface area contributed by atoms with Gasteiger partial charge in [0, 0.05) is 31.2 Å². The number of ether oxygens (including phenoxy) is 2. The third kappa shape index (κ3) is 6.31. The van der Waals surface area contributed by atoms with Crippen molar-refractivity contribution in [2.45, 2.75) is 32.2 Å². The van der Waals surface area contributed by atoms with Crippen LogP contribution in [0.15, 0.2) is 54.6 Å². The number of benzene rings is 2. The molecule has 1 amide bonds. The number of hydrogen-bond acceptors (Lipinski definition) is 5. The summed E-state index contributed by atoms with van der Waals surface area (Å²) < 4.78 is 10.7. The number of nitrogens with zero attached hydrogens (tertiary/aromatic N) is 2. The minimum absolute atomic E-state index is 0.120. The highest BCUT2D eigenvalue weighted by Crippen LogP contribution is 2.20. The van der Waals surface area contributed by atoms with E-state index in [2.05, 4.69) is 11.8 Å². The van der Waals surface area contributed by atoms with Crippen molar-refractivity contribution in [3.05, 3.63) is 65.7 Å². The molecule has 0 aromatic heterocycles. The van der Waals surface area contributed by atoms with Crippen LogP contribution in [0.4, 0.5) is 0 Å². The maximum atomic E-state index is 12.7. The molecular formula is C25H32N2O4. The van der Waals surface area contributed by atoms with Crippen molar-refractivity contribution in [1.82, 2.24) is 9.80 Å². The van der Waals surface area contributed by atoms with Gasteiger partial charge in [0.05, 0.1) is 12.7 Å². The number of amides is 1. The van der Waals surface area contributed by atoms with E-state index in [1.54, 1.807) is 18.2 Å². The Morgan fingerprint density at radius 2 is 1.71 bits per heavy atom. The topological polar surface area (TPSA) is 59.1 Å². The Hall–Kier alpha value is -2.86. The molecular weight excluding hydrogens is 392 g/mol. The van der Waals surface area contributed by atoms with Crippen molar-refractivity contribution < 1.29 is 19.1 Å². The molecule has 0 N–H and O–H groups in total. The van der Waals surface area contributed by atoms with Crippen molar-refractivity contribution >= 4 is 11.9 Å². The van der Waals surface area contributed by atoms with E-state index in [1.165, 1.54) is 7.11 Å². The highest BCUT2D eigenvalue weighted by atomic mass is 16.5. The Balaban J connectivity index is 1.50. The Labute approximate surface area is 184 Å². The summed E-state index contributed by atoms with van der Waals surface area (Å²) >= 11 is 0. The molecule has 1 aliphatic heterocycles. The van der Waals surface area contributed by atoms with Crippen LogP contribution in [0.1, 0.15) is 46.9 Å². The SMILES string of the molecule is CCCN(CCOc1cccc(C(=O)OC)c1)C1CCN(C(=O)c2ccccc2)CC1. The van der Waals surface area contributed by atoms with Crippen molar-refractivity contribution in [1.29, 1.82) is 0 Å². The van der Waals surface area contributed by atoms with E-state index in [9.17, 15) is 9.59 Å². The van der Waals surface area contributed by atoms with E-state index in [0.29, 0.717) is 24.0 Å². The molecule has 166 valence electrons. The summed E-state index contributed by atoms with van der Waals surface area (Å²) in [6.45, 7) is 6.10. The van der Waals surface area contributed by atoms with Gasteiger partial charge in [0.2, 0.25) is 0 Å². The molecule has 1 heterocycles. The lowest BCUT2D eigenvalue weighted by atomic mass is 10.0. The van der Waals surface area contributed by atoms with Crippen LogP contribution in [0.25, 0.3) is 0 Å². The summed E-state index contributed by atoms with van der Waals surface area (Å²) in [6.07, 6.45) is 3.01. The fourth-order valence-electron chi connectivity index (χ4n) is 4.07. The molecule has 0 radical (unpaired) electrons. The fraction of sp³-hybridized carbons (Fsp3) is 0.440. The van der Waals surface area contributed by atoms with Gasteiger partial charge >= 0.3 is 5.97 Å². The predicted octanol–water partition coefficient (Wildman–Crippen LogP) is 3.87. The molecule has 2 aromatic rings. The number of likely N-dealkylation sites (tertiary alicyclic amines) is 1. The molecule has 0 unspecified atom stereocenters. The number of rotatable bonds is 9. The van der Waals surface area contributed by atoms with Crippen LogP contribution in [0.3, 0.4) is 0 Å². The van der Waals surface area contributed by atoms with E-state index in [-0.39, 0.29) is 11.9 Å². The monoisotopic (exact) mass is 424 g/mol. The van der Waals surface area contributed by atoms with E-state index in [0.717, 1.165) is 51.0 Å². The van der Waals surface area contributed by atoms with E-state index >= 15 is 0 Å². The zero-order chi connectivity index (χ0) is 22.1. The first-order chi connectivity index (χ1) is 15.1. The summed E-state index contributed by atoms with van der Waals surface area (Å²) in [5, 5.41) is 0. The summed E-state index contributed by atoms with van der Waals surface area (Å²) in [6, 6.07) is 17.0. The smallest absolute Gasteiger partial charge is 0.337 e. The van der Waals surface area contributed by atoms with Crippen molar-refractivity contribution in [3.8, 4) is 5.75 Å². The van der Waals surface area contributed by atoms with Gasteiger partial charge in [-0.3, -0.25) is 9.69 Å². The number of hydrogen-bond donors (Lipinski definition) is 0. The lowest BCUT2D eigenvalue weighted by molar-refractivity contribution is 0.0595. The highest BCUT2D eigenvalue weighted by Gasteiger charge is 2.27. The maximum absolute atomic E-state index is 12.7. The number of piperidine rings is 1. The van der Waals surface area contributed by atoms with E-state index < -0.39 is 0 Å². The van der Waals surface area contributed by atoms with E-state index in [4.69, 9.17) is 9.47 Å². The Kier molecular flexibility index (Phi) is 8.47. The second-order valence-corrected chi connectivity index (χ2v) is 7.79. The molecule has 2 aromatic carbocycles. The lowest BCUT2D eigenvalue weighted by Crippen LogP contribution is -2.48. The molecule has 31 heavy (non-hydrogen) atoms. The number of carbonyl (C=O) groups excluding carboxylic acids is 2. The Morgan fingerprint density at radius 1 is 1.00 bits per heavy atom. The van der Waals surface area contributed by atoms with Crippen LogP contribution >= 0.6 is 0 Å². The fourth-order valence-corrected chi connectivity index (χ4v) is 4.07. The normalized spacial score (nSPS) is 14.5. The van der Waals surface area contributed by atoms with Gasteiger partial charge in [-0.25, -0.2) is 4.79 Å². The first kappa shape index (κ1) is 22.8. The summed E-state index contributed by atoms with van der Waals surface area (Å²) in [5.41, 5.74) is 1.25. The lowest BCUT2D eigenvalue weighted by Gasteiger charge is -2.38. The largest absolute Gasteiger partial charge is 0.492 e. The maximum Gasteiger partial charge on any atom is 0.337 e. The molecule has 0 saturated carbocycles. The number of methoxy groups -OCH3 is 1. The van der Waals surface area contributed by atoms with Crippen LogP contribution in [-0.4, -0.2) is 67.6 Å². The molecule has 6 heteroatoms. The minimum Gasteiger partial charge on any atom is -0.492 e. The molecule has 1 fully saturated rings. The molecule has 3 rings (SSSR count). The van der Waals surface area contributed by atoms with E-state index in [1.807, 2.05) is 41.3 Å². The molecule has 0 bridgehead atoms. The Morgan fingerprint density at radius 3 is 2.39 bits per heavy atom. The second kappa shape index (κ2) is 11.5. The molecule has 6 nitrogen and oxygen atoms in total. The number of carbonyl (C=O) groups is 2. The van der Waals surface area contributed by atoms with Crippen molar-refractivity contribution in [3.63, 3.8) is 0 Å². The van der Waals surface area contributed by atoms with Crippen LogP contribution in [0, 0.1) is 0 Å². The van der Waals surface area contributed by atoms with Crippen LogP contribution in [-0.2, 0) is 4.74 Å². The second-order valence-electron chi connectivity index (χ2n) is 7.79. The van der Waals surface area contributed by atoms with Gasteiger partial charge in [0.25, 0.3) is 5.91 Å². The third-order valence-corrected chi connectivity index (χ3v) is 5.70. The minimum atomic E-state index is -0.366. The highest BCUT2D eigenvalue weighted by molar-refractivity contribution is 5.94. The Bertz CT molecular complexity index is 848. The van der Waals surface area contributed by atoms with Crippen LogP contribution < -0.4 is 4.74 Å². The number of esters is 1. The van der Waals surface area contributed by atoms with Gasteiger partial charge in [-0.1, -0.05) is 31.2 Å². The van der Waals surface area contributed by atoms with Crippen molar-refractivity contribution in [2.75, 3.05) is 39.9 Å². The summed E-state index contributed by atoms with van der Waals surface area (Å²) in [4.78, 5) is 28.8. The van der Waals surface area contributed by atoms with Crippen LogP contribution in [0.5, 0.6) is 5.75 Å². The molecule has 1 aliphatic rings. The quantitative estimate of drug-likeness (QED) is 0.572.